The molecule has 0 fully saturated rings. The highest BCUT2D eigenvalue weighted by molar-refractivity contribution is 7.98. The van der Waals surface area contributed by atoms with Crippen LogP contribution in [-0.2, 0) is 6.42 Å². The Morgan fingerprint density at radius 1 is 1.27 bits per heavy atom. The first-order valence-corrected chi connectivity index (χ1v) is 8.19. The topological polar surface area (TPSA) is 45.4 Å². The summed E-state index contributed by atoms with van der Waals surface area (Å²) < 4.78 is 5.38. The molecule has 0 spiro atoms. The summed E-state index contributed by atoms with van der Waals surface area (Å²) in [6.07, 6.45) is 4.35. The van der Waals surface area contributed by atoms with Gasteiger partial charge in [0.15, 0.2) is 0 Å². The fraction of sp³-hybridized carbons (Fsp3) is 0.222. The Morgan fingerprint density at radius 2 is 2.05 bits per heavy atom. The van der Waals surface area contributed by atoms with Crippen LogP contribution < -0.4 is 4.74 Å². The van der Waals surface area contributed by atoms with Crippen molar-refractivity contribution in [1.82, 2.24) is 0 Å². The molecule has 2 rings (SSSR count). The molecule has 4 heteroatoms. The van der Waals surface area contributed by atoms with Gasteiger partial charge in [0.1, 0.15) is 5.75 Å². The Kier molecular flexibility index (Phi) is 6.05. The fourth-order valence-electron chi connectivity index (χ4n) is 2.08. The molecule has 1 atom stereocenters. The van der Waals surface area contributed by atoms with Crippen LogP contribution >= 0.6 is 11.8 Å². The van der Waals surface area contributed by atoms with Gasteiger partial charge in [-0.1, -0.05) is 24.3 Å². The monoisotopic (exact) mass is 310 g/mol. The molecule has 112 valence electrons. The van der Waals surface area contributed by atoms with Crippen molar-refractivity contribution in [3.05, 3.63) is 54.1 Å². The molecule has 0 N–H and O–H groups in total. The molecule has 1 unspecified atom stereocenters. The first-order chi connectivity index (χ1) is 10.8. The smallest absolute Gasteiger partial charge is 0.132 e. The lowest BCUT2D eigenvalue weighted by Gasteiger charge is -2.09. The van der Waals surface area contributed by atoms with Crippen molar-refractivity contribution in [3.8, 4) is 11.8 Å². The Bertz CT molecular complexity index is 677. The minimum atomic E-state index is -0.259. The molecule has 2 aromatic rings. The number of hydrogen-bond donors (Lipinski definition) is 0. The number of thioether (sulfide) groups is 1. The molecule has 0 saturated carbocycles. The molecule has 0 aliphatic carbocycles. The minimum Gasteiger partial charge on any atom is -0.496 e. The minimum absolute atomic E-state index is 0.259. The van der Waals surface area contributed by atoms with Gasteiger partial charge in [0.05, 0.1) is 24.8 Å². The lowest BCUT2D eigenvalue weighted by Crippen LogP contribution is -2.03. The second-order valence-electron chi connectivity index (χ2n) is 4.74. The van der Waals surface area contributed by atoms with E-state index in [0.29, 0.717) is 6.42 Å². The van der Waals surface area contributed by atoms with E-state index in [1.807, 2.05) is 54.8 Å². The Hall–Kier alpha value is -2.25. The number of aliphatic imine (C=N–C) groups is 1. The first kappa shape index (κ1) is 16.1. The third-order valence-electron chi connectivity index (χ3n) is 3.23. The van der Waals surface area contributed by atoms with Crippen molar-refractivity contribution in [2.45, 2.75) is 11.3 Å². The quantitative estimate of drug-likeness (QED) is 0.583. The highest BCUT2D eigenvalue weighted by Gasteiger charge is 2.09. The number of methoxy groups -OCH3 is 1. The van der Waals surface area contributed by atoms with Crippen molar-refractivity contribution in [2.24, 2.45) is 10.9 Å². The maximum absolute atomic E-state index is 9.32. The normalized spacial score (nSPS) is 12.0. The standard InChI is InChI=1S/C18H18N2OS/c1-21-17-11-14(8-9-18(17)22-2)10-15(12-19)13-20-16-6-4-3-5-7-16/h3-9,11,13,15H,10H2,1-2H3. The number of para-hydroxylation sites is 1. The van der Waals surface area contributed by atoms with Crippen LogP contribution in [0, 0.1) is 17.2 Å². The molecular formula is C18H18N2OS. The van der Waals surface area contributed by atoms with Gasteiger partial charge in [-0.25, -0.2) is 0 Å². The molecule has 0 aromatic heterocycles. The highest BCUT2D eigenvalue weighted by Crippen LogP contribution is 2.29. The van der Waals surface area contributed by atoms with Crippen molar-refractivity contribution in [3.63, 3.8) is 0 Å². The second-order valence-corrected chi connectivity index (χ2v) is 5.59. The predicted molar refractivity (Wildman–Crippen MR) is 92.2 cm³/mol. The number of nitrogens with zero attached hydrogens (tertiary/aromatic N) is 2. The van der Waals surface area contributed by atoms with Crippen molar-refractivity contribution in [1.29, 1.82) is 5.26 Å². The van der Waals surface area contributed by atoms with E-state index in [-0.39, 0.29) is 5.92 Å². The summed E-state index contributed by atoms with van der Waals surface area (Å²) in [4.78, 5) is 5.46. The molecule has 3 nitrogen and oxygen atoms in total. The molecule has 0 amide bonds. The Balaban J connectivity index is 2.10. The summed E-state index contributed by atoms with van der Waals surface area (Å²) in [5.74, 6) is 0.590. The van der Waals surface area contributed by atoms with Crippen LogP contribution in [0.4, 0.5) is 5.69 Å². The van der Waals surface area contributed by atoms with Crippen LogP contribution in [0.15, 0.2) is 58.4 Å². The summed E-state index contributed by atoms with van der Waals surface area (Å²) >= 11 is 1.64. The van der Waals surface area contributed by atoms with Gasteiger partial charge < -0.3 is 4.74 Å². The zero-order chi connectivity index (χ0) is 15.8. The summed E-state index contributed by atoms with van der Waals surface area (Å²) in [6.45, 7) is 0. The van der Waals surface area contributed by atoms with Gasteiger partial charge in [-0.3, -0.25) is 4.99 Å². The summed E-state index contributed by atoms with van der Waals surface area (Å²) in [6, 6.07) is 18.0. The molecule has 0 saturated heterocycles. The molecular weight excluding hydrogens is 292 g/mol. The second kappa shape index (κ2) is 8.26. The number of rotatable bonds is 6. The number of nitriles is 1. The number of ether oxygens (including phenoxy) is 1. The third kappa shape index (κ3) is 4.37. The van der Waals surface area contributed by atoms with Crippen LogP contribution in [0.1, 0.15) is 5.56 Å². The van der Waals surface area contributed by atoms with E-state index in [0.717, 1.165) is 21.9 Å². The molecule has 2 aromatic carbocycles. The van der Waals surface area contributed by atoms with Crippen molar-refractivity contribution in [2.75, 3.05) is 13.4 Å². The lowest BCUT2D eigenvalue weighted by molar-refractivity contribution is 0.404. The van der Waals surface area contributed by atoms with Gasteiger partial charge in [0.25, 0.3) is 0 Å². The van der Waals surface area contributed by atoms with Crippen LogP contribution in [0.2, 0.25) is 0 Å². The van der Waals surface area contributed by atoms with Crippen LogP contribution in [0.5, 0.6) is 5.75 Å². The molecule has 0 bridgehead atoms. The van der Waals surface area contributed by atoms with Crippen LogP contribution in [-0.4, -0.2) is 19.6 Å². The number of hydrogen-bond acceptors (Lipinski definition) is 4. The zero-order valence-corrected chi connectivity index (χ0v) is 13.5. The zero-order valence-electron chi connectivity index (χ0n) is 12.7. The van der Waals surface area contributed by atoms with Gasteiger partial charge in [-0.05, 0) is 42.5 Å². The van der Waals surface area contributed by atoms with Crippen LogP contribution in [0.3, 0.4) is 0 Å². The fourth-order valence-corrected chi connectivity index (χ4v) is 2.63. The molecule has 0 aliphatic heterocycles. The van der Waals surface area contributed by atoms with E-state index >= 15 is 0 Å². The van der Waals surface area contributed by atoms with Gasteiger partial charge in [0, 0.05) is 11.1 Å². The van der Waals surface area contributed by atoms with E-state index < -0.39 is 0 Å². The lowest BCUT2D eigenvalue weighted by atomic mass is 10.0. The van der Waals surface area contributed by atoms with Gasteiger partial charge >= 0.3 is 0 Å². The van der Waals surface area contributed by atoms with Gasteiger partial charge in [0.2, 0.25) is 0 Å². The summed E-state index contributed by atoms with van der Waals surface area (Å²) in [5, 5.41) is 9.32. The highest BCUT2D eigenvalue weighted by atomic mass is 32.2. The number of benzene rings is 2. The average molecular weight is 310 g/mol. The summed E-state index contributed by atoms with van der Waals surface area (Å²) in [5.41, 5.74) is 1.93. The third-order valence-corrected chi connectivity index (χ3v) is 4.01. The maximum Gasteiger partial charge on any atom is 0.132 e. The van der Waals surface area contributed by atoms with Crippen LogP contribution in [0.25, 0.3) is 0 Å². The van der Waals surface area contributed by atoms with Gasteiger partial charge in [-0.2, -0.15) is 5.26 Å². The van der Waals surface area contributed by atoms with E-state index in [2.05, 4.69) is 11.1 Å². The molecule has 0 aliphatic rings. The Labute approximate surface area is 135 Å². The largest absolute Gasteiger partial charge is 0.496 e. The van der Waals surface area contributed by atoms with E-state index in [1.165, 1.54) is 0 Å². The van der Waals surface area contributed by atoms with E-state index in [9.17, 15) is 5.26 Å². The molecule has 0 heterocycles. The summed E-state index contributed by atoms with van der Waals surface area (Å²) in [7, 11) is 1.66. The van der Waals surface area contributed by atoms with E-state index in [4.69, 9.17) is 4.74 Å². The molecule has 22 heavy (non-hydrogen) atoms. The van der Waals surface area contributed by atoms with Gasteiger partial charge in [-0.15, -0.1) is 11.8 Å². The average Bonchev–Trinajstić information content (AvgIpc) is 2.59. The predicted octanol–water partition coefficient (Wildman–Crippen LogP) is 4.50. The maximum atomic E-state index is 9.32. The Morgan fingerprint density at radius 3 is 2.68 bits per heavy atom. The molecule has 0 radical (unpaired) electrons. The first-order valence-electron chi connectivity index (χ1n) is 6.96. The van der Waals surface area contributed by atoms with E-state index in [1.54, 1.807) is 25.1 Å². The van der Waals surface area contributed by atoms with Crippen molar-refractivity contribution >= 4 is 23.7 Å². The van der Waals surface area contributed by atoms with Crippen molar-refractivity contribution < 1.29 is 4.74 Å². The SMILES string of the molecule is COc1cc(CC(C#N)C=Nc2ccccc2)ccc1SC.